The molecule has 0 aromatic carbocycles. The van der Waals surface area contributed by atoms with Gasteiger partial charge in [-0.3, -0.25) is 16.0 Å². The number of nitrogens with two attached hydrogens (primary N) is 1. The van der Waals surface area contributed by atoms with Crippen LogP contribution in [-0.4, -0.2) is 15.8 Å². The summed E-state index contributed by atoms with van der Waals surface area (Å²) in [6.07, 6.45) is 5.60. The van der Waals surface area contributed by atoms with E-state index in [1.165, 1.54) is 19.3 Å². The van der Waals surface area contributed by atoms with Crippen LogP contribution < -0.4 is 11.3 Å². The van der Waals surface area contributed by atoms with Crippen LogP contribution in [0.5, 0.6) is 0 Å². The maximum Gasteiger partial charge on any atom is 0.130 e. The first kappa shape index (κ1) is 14.5. The third kappa shape index (κ3) is 3.98. The number of hydrogen-bond donors (Lipinski definition) is 2. The normalized spacial score (nSPS) is 13.0. The third-order valence-electron chi connectivity index (χ3n) is 3.11. The summed E-state index contributed by atoms with van der Waals surface area (Å²) in [5.74, 6) is 5.59. The number of hydrazine groups is 1. The Bertz CT molecular complexity index is 349. The van der Waals surface area contributed by atoms with Crippen LogP contribution in [0.2, 0.25) is 5.15 Å². The maximum absolute atomic E-state index is 6.21. The van der Waals surface area contributed by atoms with E-state index in [9.17, 15) is 0 Å². The van der Waals surface area contributed by atoms with E-state index in [1.54, 1.807) is 4.68 Å². The molecule has 0 spiro atoms. The third-order valence-corrected chi connectivity index (χ3v) is 3.58. The number of unbranched alkanes of at least 4 members (excludes halogenated alkanes) is 2. The highest BCUT2D eigenvalue weighted by Crippen LogP contribution is 2.21. The van der Waals surface area contributed by atoms with Gasteiger partial charge in [-0.2, -0.15) is 5.10 Å². The summed E-state index contributed by atoms with van der Waals surface area (Å²) in [5.41, 5.74) is 4.98. The Morgan fingerprint density at radius 2 is 2.18 bits per heavy atom. The minimum atomic E-state index is 0.280. The molecular weight excluding hydrogens is 236 g/mol. The number of nitrogens with zero attached hydrogens (tertiary/aromatic N) is 2. The van der Waals surface area contributed by atoms with Crippen molar-refractivity contribution in [3.05, 3.63) is 16.4 Å². The Kier molecular flexibility index (Phi) is 5.95. The lowest BCUT2D eigenvalue weighted by Gasteiger charge is -2.15. The van der Waals surface area contributed by atoms with E-state index in [4.69, 9.17) is 17.4 Å². The van der Waals surface area contributed by atoms with Crippen LogP contribution in [0.4, 0.5) is 0 Å². The van der Waals surface area contributed by atoms with Crippen molar-refractivity contribution in [2.24, 2.45) is 12.9 Å². The van der Waals surface area contributed by atoms with Crippen LogP contribution in [0.3, 0.4) is 0 Å². The molecule has 1 heterocycles. The van der Waals surface area contributed by atoms with E-state index in [2.05, 4.69) is 17.4 Å². The van der Waals surface area contributed by atoms with Gasteiger partial charge in [-0.05, 0) is 19.8 Å². The second-order valence-electron chi connectivity index (χ2n) is 4.54. The second kappa shape index (κ2) is 6.99. The highest BCUT2D eigenvalue weighted by molar-refractivity contribution is 6.30. The highest BCUT2D eigenvalue weighted by Gasteiger charge is 2.15. The Morgan fingerprint density at radius 3 is 2.65 bits per heavy atom. The fraction of sp³-hybridized carbons (Fsp3) is 0.750. The van der Waals surface area contributed by atoms with Gasteiger partial charge in [0.25, 0.3) is 0 Å². The Labute approximate surface area is 108 Å². The summed E-state index contributed by atoms with van der Waals surface area (Å²) in [6.45, 7) is 4.19. The molecule has 0 amide bonds. The number of aromatic nitrogens is 2. The number of hydrogen-bond acceptors (Lipinski definition) is 3. The smallest absolute Gasteiger partial charge is 0.130 e. The van der Waals surface area contributed by atoms with Gasteiger partial charge in [0.05, 0.1) is 5.69 Å². The van der Waals surface area contributed by atoms with Gasteiger partial charge >= 0.3 is 0 Å². The minimum Gasteiger partial charge on any atom is -0.271 e. The summed E-state index contributed by atoms with van der Waals surface area (Å²) in [4.78, 5) is 0. The minimum absolute atomic E-state index is 0.280. The fourth-order valence-corrected chi connectivity index (χ4v) is 2.29. The zero-order chi connectivity index (χ0) is 12.8. The van der Waals surface area contributed by atoms with Crippen LogP contribution in [0, 0.1) is 6.92 Å². The molecule has 1 unspecified atom stereocenters. The van der Waals surface area contributed by atoms with Gasteiger partial charge in [0.2, 0.25) is 0 Å². The molecule has 1 aromatic rings. The molecule has 0 saturated heterocycles. The first-order valence-corrected chi connectivity index (χ1v) is 6.62. The van der Waals surface area contributed by atoms with E-state index in [-0.39, 0.29) is 6.04 Å². The monoisotopic (exact) mass is 258 g/mol. The molecule has 0 bridgehead atoms. The molecule has 4 nitrogen and oxygen atoms in total. The molecule has 0 saturated carbocycles. The first-order valence-electron chi connectivity index (χ1n) is 6.24. The summed E-state index contributed by atoms with van der Waals surface area (Å²) in [6, 6.07) is 0.280. The number of aryl methyl sites for hydroxylation is 2. The number of halogens is 1. The lowest BCUT2D eigenvalue weighted by Crippen LogP contribution is -2.36. The fourth-order valence-electron chi connectivity index (χ4n) is 2.04. The standard InChI is InChI=1S/C12H23ClN4/c1-4-5-6-7-10(15-14)8-11-9(2)16-17(3)12(11)13/h10,15H,4-8,14H2,1-3H3. The highest BCUT2D eigenvalue weighted by atomic mass is 35.5. The van der Waals surface area contributed by atoms with Crippen LogP contribution in [-0.2, 0) is 13.5 Å². The molecule has 3 N–H and O–H groups in total. The average Bonchev–Trinajstić information content (AvgIpc) is 2.54. The van der Waals surface area contributed by atoms with Crippen LogP contribution >= 0.6 is 11.6 Å². The molecule has 0 radical (unpaired) electrons. The zero-order valence-corrected chi connectivity index (χ0v) is 11.7. The quantitative estimate of drug-likeness (QED) is 0.448. The SMILES string of the molecule is CCCCCC(Cc1c(C)nn(C)c1Cl)NN. The van der Waals surface area contributed by atoms with E-state index >= 15 is 0 Å². The van der Waals surface area contributed by atoms with Crippen LogP contribution in [0.15, 0.2) is 0 Å². The summed E-state index contributed by atoms with van der Waals surface area (Å²) in [7, 11) is 1.86. The van der Waals surface area contributed by atoms with Crippen LogP contribution in [0.25, 0.3) is 0 Å². The number of rotatable bonds is 7. The Hall–Kier alpha value is -0.580. The van der Waals surface area contributed by atoms with Gasteiger partial charge in [-0.1, -0.05) is 37.8 Å². The molecular formula is C12H23ClN4. The van der Waals surface area contributed by atoms with Crippen molar-refractivity contribution in [2.45, 2.75) is 52.0 Å². The molecule has 1 rings (SSSR count). The van der Waals surface area contributed by atoms with Gasteiger partial charge in [0, 0.05) is 18.7 Å². The van der Waals surface area contributed by atoms with Gasteiger partial charge in [-0.25, -0.2) is 0 Å². The van der Waals surface area contributed by atoms with Crippen molar-refractivity contribution in [1.82, 2.24) is 15.2 Å². The van der Waals surface area contributed by atoms with E-state index in [0.717, 1.165) is 29.3 Å². The summed E-state index contributed by atoms with van der Waals surface area (Å²) < 4.78 is 1.71. The van der Waals surface area contributed by atoms with Crippen molar-refractivity contribution in [3.63, 3.8) is 0 Å². The molecule has 98 valence electrons. The molecule has 0 aliphatic rings. The molecule has 1 aromatic heterocycles. The van der Waals surface area contributed by atoms with Gasteiger partial charge in [0.1, 0.15) is 5.15 Å². The van der Waals surface area contributed by atoms with Crippen molar-refractivity contribution < 1.29 is 0 Å². The largest absolute Gasteiger partial charge is 0.271 e. The van der Waals surface area contributed by atoms with E-state index in [1.807, 2.05) is 14.0 Å². The van der Waals surface area contributed by atoms with Crippen molar-refractivity contribution in [1.29, 1.82) is 0 Å². The molecule has 0 fully saturated rings. The molecule has 5 heteroatoms. The van der Waals surface area contributed by atoms with E-state index in [0.29, 0.717) is 0 Å². The predicted octanol–water partition coefficient (Wildman–Crippen LogP) is 2.34. The molecule has 0 aliphatic heterocycles. The van der Waals surface area contributed by atoms with Gasteiger partial charge in [-0.15, -0.1) is 0 Å². The zero-order valence-electron chi connectivity index (χ0n) is 11.0. The predicted molar refractivity (Wildman–Crippen MR) is 71.9 cm³/mol. The maximum atomic E-state index is 6.21. The van der Waals surface area contributed by atoms with Crippen molar-refractivity contribution >= 4 is 11.6 Å². The lowest BCUT2D eigenvalue weighted by atomic mass is 10.0. The summed E-state index contributed by atoms with van der Waals surface area (Å²) in [5, 5.41) is 5.03. The lowest BCUT2D eigenvalue weighted by molar-refractivity contribution is 0.466. The first-order chi connectivity index (χ1) is 8.10. The summed E-state index contributed by atoms with van der Waals surface area (Å²) >= 11 is 6.21. The van der Waals surface area contributed by atoms with Gasteiger partial charge in [0.15, 0.2) is 0 Å². The van der Waals surface area contributed by atoms with E-state index < -0.39 is 0 Å². The van der Waals surface area contributed by atoms with Crippen molar-refractivity contribution in [2.75, 3.05) is 0 Å². The molecule has 0 aliphatic carbocycles. The Balaban J connectivity index is 2.60. The van der Waals surface area contributed by atoms with Gasteiger partial charge < -0.3 is 0 Å². The number of nitrogens with one attached hydrogen (secondary N) is 1. The van der Waals surface area contributed by atoms with Crippen LogP contribution in [0.1, 0.15) is 43.9 Å². The Morgan fingerprint density at radius 1 is 1.47 bits per heavy atom. The van der Waals surface area contributed by atoms with Crippen molar-refractivity contribution in [3.8, 4) is 0 Å². The average molecular weight is 259 g/mol. The topological polar surface area (TPSA) is 55.9 Å². The molecule has 17 heavy (non-hydrogen) atoms. The molecule has 1 atom stereocenters. The second-order valence-corrected chi connectivity index (χ2v) is 4.90.